The van der Waals surface area contributed by atoms with Gasteiger partial charge in [-0.1, -0.05) is 13.8 Å². The van der Waals surface area contributed by atoms with Crippen molar-refractivity contribution in [3.05, 3.63) is 0 Å². The average Bonchev–Trinajstić information content (AvgIpc) is 2.77. The first kappa shape index (κ1) is 15.9. The average molecular weight is 277 g/mol. The van der Waals surface area contributed by atoms with Gasteiger partial charge >= 0.3 is 0 Å². The van der Waals surface area contributed by atoms with Gasteiger partial charge in [-0.15, -0.1) is 0 Å². The Morgan fingerprint density at radius 2 is 2.00 bits per heavy atom. The maximum absolute atomic E-state index is 11.8. The van der Waals surface area contributed by atoms with E-state index in [2.05, 4.69) is 12.2 Å². The van der Waals surface area contributed by atoms with E-state index in [1.165, 1.54) is 0 Å². The van der Waals surface area contributed by atoms with Gasteiger partial charge < -0.3 is 10.1 Å². The van der Waals surface area contributed by atoms with Crippen LogP contribution in [0.25, 0.3) is 0 Å². The Morgan fingerprint density at radius 3 is 2.56 bits per heavy atom. The zero-order valence-electron chi connectivity index (χ0n) is 11.7. The van der Waals surface area contributed by atoms with Crippen LogP contribution >= 0.6 is 0 Å². The minimum Gasteiger partial charge on any atom is -0.381 e. The smallest absolute Gasteiger partial charge is 0.150 e. The van der Waals surface area contributed by atoms with Gasteiger partial charge in [-0.05, 0) is 32.2 Å². The fourth-order valence-corrected chi connectivity index (χ4v) is 3.96. The van der Waals surface area contributed by atoms with Gasteiger partial charge in [0, 0.05) is 24.3 Å². The molecule has 0 aliphatic carbocycles. The van der Waals surface area contributed by atoms with Gasteiger partial charge in [-0.2, -0.15) is 0 Å². The molecule has 1 N–H and O–H groups in total. The van der Waals surface area contributed by atoms with Gasteiger partial charge in [-0.25, -0.2) is 8.42 Å². The summed E-state index contributed by atoms with van der Waals surface area (Å²) < 4.78 is 29.1. The van der Waals surface area contributed by atoms with Crippen LogP contribution in [0.2, 0.25) is 0 Å². The standard InChI is InChI=1S/C13H27NO3S/c1-3-7-14-11-13(5-8-17-12-13)6-10-18(15,16)9-4-2/h14H,3-12H2,1-2H3. The quantitative estimate of drug-likeness (QED) is 0.651. The van der Waals surface area contributed by atoms with E-state index < -0.39 is 9.84 Å². The molecule has 0 aromatic heterocycles. The van der Waals surface area contributed by atoms with E-state index in [1.54, 1.807) is 0 Å². The van der Waals surface area contributed by atoms with Crippen molar-refractivity contribution >= 4 is 9.84 Å². The van der Waals surface area contributed by atoms with Crippen LogP contribution in [0, 0.1) is 5.41 Å². The van der Waals surface area contributed by atoms with E-state index >= 15 is 0 Å². The SMILES string of the molecule is CCCNCC1(CCS(=O)(=O)CCC)CCOC1. The van der Waals surface area contributed by atoms with Crippen LogP contribution in [-0.4, -0.2) is 46.2 Å². The van der Waals surface area contributed by atoms with Crippen molar-refractivity contribution in [1.82, 2.24) is 5.32 Å². The first-order valence-corrected chi connectivity index (χ1v) is 8.84. The summed E-state index contributed by atoms with van der Waals surface area (Å²) in [5, 5.41) is 3.41. The highest BCUT2D eigenvalue weighted by Crippen LogP contribution is 2.32. The Hall–Kier alpha value is -0.130. The van der Waals surface area contributed by atoms with Gasteiger partial charge in [0.15, 0.2) is 0 Å². The molecule has 1 aliphatic heterocycles. The monoisotopic (exact) mass is 277 g/mol. The molecule has 0 aromatic carbocycles. The van der Waals surface area contributed by atoms with Crippen molar-refractivity contribution in [3.63, 3.8) is 0 Å². The Bertz CT molecular complexity index is 321. The van der Waals surface area contributed by atoms with Gasteiger partial charge in [0.25, 0.3) is 0 Å². The predicted molar refractivity (Wildman–Crippen MR) is 74.6 cm³/mol. The summed E-state index contributed by atoms with van der Waals surface area (Å²) in [6, 6.07) is 0. The molecule has 1 unspecified atom stereocenters. The Labute approximate surface area is 111 Å². The summed E-state index contributed by atoms with van der Waals surface area (Å²) in [6.45, 7) is 7.38. The molecule has 108 valence electrons. The van der Waals surface area contributed by atoms with Crippen LogP contribution < -0.4 is 5.32 Å². The molecule has 5 heteroatoms. The second kappa shape index (κ2) is 7.46. The molecule has 0 aromatic rings. The predicted octanol–water partition coefficient (Wildman–Crippen LogP) is 1.61. The van der Waals surface area contributed by atoms with Crippen molar-refractivity contribution in [2.45, 2.75) is 39.5 Å². The summed E-state index contributed by atoms with van der Waals surface area (Å²) in [5.74, 6) is 0.615. The number of rotatable bonds is 9. The normalized spacial score (nSPS) is 24.6. The van der Waals surface area contributed by atoms with Crippen molar-refractivity contribution in [2.24, 2.45) is 5.41 Å². The zero-order chi connectivity index (χ0) is 13.5. The van der Waals surface area contributed by atoms with E-state index in [9.17, 15) is 8.42 Å². The number of hydrogen-bond acceptors (Lipinski definition) is 4. The lowest BCUT2D eigenvalue weighted by Crippen LogP contribution is -2.37. The van der Waals surface area contributed by atoms with E-state index in [1.807, 2.05) is 6.92 Å². The molecule has 1 rings (SSSR count). The number of nitrogens with one attached hydrogen (secondary N) is 1. The molecule has 0 saturated carbocycles. The molecule has 1 aliphatic rings. The minimum atomic E-state index is -2.87. The van der Waals surface area contributed by atoms with Crippen molar-refractivity contribution in [1.29, 1.82) is 0 Å². The lowest BCUT2D eigenvalue weighted by atomic mass is 9.84. The molecular weight excluding hydrogens is 250 g/mol. The van der Waals surface area contributed by atoms with E-state index in [0.29, 0.717) is 24.5 Å². The number of ether oxygens (including phenoxy) is 1. The molecule has 0 amide bonds. The van der Waals surface area contributed by atoms with E-state index in [0.717, 1.165) is 39.0 Å². The van der Waals surface area contributed by atoms with E-state index in [-0.39, 0.29) is 5.41 Å². The summed E-state index contributed by atoms with van der Waals surface area (Å²) in [4.78, 5) is 0. The second-order valence-corrected chi connectivity index (χ2v) is 7.68. The lowest BCUT2D eigenvalue weighted by molar-refractivity contribution is 0.147. The second-order valence-electron chi connectivity index (χ2n) is 5.38. The lowest BCUT2D eigenvalue weighted by Gasteiger charge is -2.27. The topological polar surface area (TPSA) is 55.4 Å². The van der Waals surface area contributed by atoms with Crippen LogP contribution in [0.5, 0.6) is 0 Å². The first-order valence-electron chi connectivity index (χ1n) is 7.02. The molecule has 0 radical (unpaired) electrons. The van der Waals surface area contributed by atoms with Crippen LogP contribution in [0.4, 0.5) is 0 Å². The van der Waals surface area contributed by atoms with Gasteiger partial charge in [0.2, 0.25) is 0 Å². The van der Waals surface area contributed by atoms with Crippen LogP contribution in [0.3, 0.4) is 0 Å². The third-order valence-electron chi connectivity index (χ3n) is 3.57. The largest absolute Gasteiger partial charge is 0.381 e. The first-order chi connectivity index (χ1) is 8.54. The third kappa shape index (κ3) is 5.24. The highest BCUT2D eigenvalue weighted by atomic mass is 32.2. The maximum Gasteiger partial charge on any atom is 0.150 e. The number of hydrogen-bond donors (Lipinski definition) is 1. The Kier molecular flexibility index (Phi) is 6.60. The van der Waals surface area contributed by atoms with Crippen LogP contribution in [-0.2, 0) is 14.6 Å². The highest BCUT2D eigenvalue weighted by molar-refractivity contribution is 7.91. The van der Waals surface area contributed by atoms with Gasteiger partial charge in [0.1, 0.15) is 9.84 Å². The van der Waals surface area contributed by atoms with Crippen molar-refractivity contribution in [2.75, 3.05) is 37.8 Å². The van der Waals surface area contributed by atoms with Gasteiger partial charge in [-0.3, -0.25) is 0 Å². The summed E-state index contributed by atoms with van der Waals surface area (Å²) >= 11 is 0. The molecule has 18 heavy (non-hydrogen) atoms. The summed E-state index contributed by atoms with van der Waals surface area (Å²) in [7, 11) is -2.87. The van der Waals surface area contributed by atoms with Crippen molar-refractivity contribution in [3.8, 4) is 0 Å². The Balaban J connectivity index is 2.47. The summed E-state index contributed by atoms with van der Waals surface area (Å²) in [6.07, 6.45) is 3.52. The highest BCUT2D eigenvalue weighted by Gasteiger charge is 2.35. The minimum absolute atomic E-state index is 0.0377. The molecule has 1 heterocycles. The zero-order valence-corrected chi connectivity index (χ0v) is 12.5. The summed E-state index contributed by atoms with van der Waals surface area (Å²) in [5.41, 5.74) is 0.0377. The van der Waals surface area contributed by atoms with Gasteiger partial charge in [0.05, 0.1) is 12.4 Å². The molecule has 0 spiro atoms. The third-order valence-corrected chi connectivity index (χ3v) is 5.43. The van der Waals surface area contributed by atoms with E-state index in [4.69, 9.17) is 4.74 Å². The molecule has 1 saturated heterocycles. The van der Waals surface area contributed by atoms with Crippen LogP contribution in [0.1, 0.15) is 39.5 Å². The van der Waals surface area contributed by atoms with Crippen LogP contribution in [0.15, 0.2) is 0 Å². The van der Waals surface area contributed by atoms with Crippen molar-refractivity contribution < 1.29 is 13.2 Å². The maximum atomic E-state index is 11.8. The number of sulfone groups is 1. The fraction of sp³-hybridized carbons (Fsp3) is 1.00. The Morgan fingerprint density at radius 1 is 1.22 bits per heavy atom. The molecule has 1 fully saturated rings. The molecule has 1 atom stereocenters. The molecular formula is C13H27NO3S. The fourth-order valence-electron chi connectivity index (χ4n) is 2.39. The molecule has 0 bridgehead atoms. The molecule has 4 nitrogen and oxygen atoms in total.